The summed E-state index contributed by atoms with van der Waals surface area (Å²) >= 11 is 0. The van der Waals surface area contributed by atoms with Gasteiger partial charge < -0.3 is 41.9 Å². The monoisotopic (exact) mass is 895 g/mol. The number of carbonyl (C=O) groups is 6. The first-order valence-electron chi connectivity index (χ1n) is 22.5. The van der Waals surface area contributed by atoms with Gasteiger partial charge in [0.2, 0.25) is 35.4 Å². The fourth-order valence-electron chi connectivity index (χ4n) is 9.33. The third-order valence-corrected chi connectivity index (χ3v) is 12.8. The molecule has 3 heterocycles. The molecule has 2 saturated heterocycles. The van der Waals surface area contributed by atoms with Gasteiger partial charge in [0.15, 0.2) is 0 Å². The molecular weight excluding hydrogens is 842 g/mol. The summed E-state index contributed by atoms with van der Waals surface area (Å²) < 4.78 is 14.1. The molecule has 3 aliphatic heterocycles. The number of para-hydroxylation sites is 1. The van der Waals surface area contributed by atoms with E-state index in [1.54, 1.807) is 24.3 Å². The zero-order chi connectivity index (χ0) is 46.3. The number of anilines is 1. The van der Waals surface area contributed by atoms with Gasteiger partial charge in [-0.05, 0) is 77.4 Å². The number of fused-ring (bicyclic) bond motifs is 3. The zero-order valence-corrected chi connectivity index (χ0v) is 36.5. The average Bonchev–Trinajstić information content (AvgIpc) is 3.98. The second-order valence-electron chi connectivity index (χ2n) is 17.4. The van der Waals surface area contributed by atoms with Crippen LogP contribution in [0.2, 0.25) is 0 Å². The van der Waals surface area contributed by atoms with E-state index in [1.807, 2.05) is 72.8 Å². The largest absolute Gasteiger partial charge is 0.391 e. The number of hydrogen-bond acceptors (Lipinski definition) is 8. The van der Waals surface area contributed by atoms with Crippen LogP contribution < -0.4 is 31.9 Å². The molecule has 2 fully saturated rings. The Balaban J connectivity index is 1.20. The highest BCUT2D eigenvalue weighted by Crippen LogP contribution is 2.34. The number of nitrogens with zero attached hydrogens (tertiary/aromatic N) is 1. The van der Waals surface area contributed by atoms with Crippen molar-refractivity contribution < 1.29 is 38.3 Å². The minimum Gasteiger partial charge on any atom is -0.391 e. The van der Waals surface area contributed by atoms with Crippen molar-refractivity contribution in [3.63, 3.8) is 0 Å². The average molecular weight is 896 g/mol. The number of amides is 6. The van der Waals surface area contributed by atoms with Gasteiger partial charge in [0.05, 0.1) is 6.10 Å². The first-order valence-corrected chi connectivity index (χ1v) is 22.5. The number of aliphatic hydroxyl groups excluding tert-OH is 1. The Bertz CT molecular complexity index is 2590. The van der Waals surface area contributed by atoms with Gasteiger partial charge in [0.1, 0.15) is 42.1 Å². The molecule has 6 amide bonds. The molecule has 0 aliphatic carbocycles. The quantitative estimate of drug-likeness (QED) is 0.117. The van der Waals surface area contributed by atoms with Crippen molar-refractivity contribution in [3.8, 4) is 0 Å². The standard InChI is InChI=1S/C51H54FN7O7/c1-30(60)45-50(65)57-43(26-31-11-3-2-4-12-31)51(66)59-24-10-19-44(59)49(64)56-41(27-34-15-9-14-33-13-5-6-16-37(33)34)46(61)55-42(28-35-29-53-39-18-8-7-17-38(35)39)47(62)54-40(48(63)58-45)25-32-20-22-36(52)23-21-32/h2-9,11-18,20-23,30,35,40-45,53,60H,10,19,24-29H2,1H3,(H,54,62)(H,55,61)(H,56,64)(H,57,65)(H,58,63)/t30?,35?,40-,41-,42+,43-,44-,45-/m0/s1. The molecule has 0 spiro atoms. The molecular formula is C51H54FN7O7. The van der Waals surface area contributed by atoms with Gasteiger partial charge in [-0.3, -0.25) is 28.8 Å². The van der Waals surface area contributed by atoms with E-state index in [2.05, 4.69) is 31.9 Å². The van der Waals surface area contributed by atoms with Gasteiger partial charge in [-0.1, -0.05) is 103 Å². The highest BCUT2D eigenvalue weighted by atomic mass is 19.1. The molecule has 8 rings (SSSR count). The van der Waals surface area contributed by atoms with Crippen LogP contribution in [-0.2, 0) is 48.0 Å². The summed E-state index contributed by atoms with van der Waals surface area (Å²) in [5.74, 6) is -4.99. The van der Waals surface area contributed by atoms with Gasteiger partial charge in [-0.2, -0.15) is 0 Å². The first kappa shape index (κ1) is 45.4. The van der Waals surface area contributed by atoms with E-state index in [9.17, 15) is 38.3 Å². The smallest absolute Gasteiger partial charge is 0.246 e. The van der Waals surface area contributed by atoms with E-state index in [4.69, 9.17) is 0 Å². The molecule has 0 bridgehead atoms. The summed E-state index contributed by atoms with van der Waals surface area (Å²) in [6.07, 6.45) is -0.733. The Morgan fingerprint density at radius 2 is 1.23 bits per heavy atom. The van der Waals surface area contributed by atoms with E-state index >= 15 is 0 Å². The van der Waals surface area contributed by atoms with E-state index < -0.39 is 83.6 Å². The zero-order valence-electron chi connectivity index (χ0n) is 36.5. The van der Waals surface area contributed by atoms with Crippen LogP contribution in [0.15, 0.2) is 121 Å². The van der Waals surface area contributed by atoms with E-state index in [0.717, 1.165) is 27.6 Å². The lowest BCUT2D eigenvalue weighted by Crippen LogP contribution is -2.63. The van der Waals surface area contributed by atoms with Gasteiger partial charge in [0, 0.05) is 44.0 Å². The topological polar surface area (TPSA) is 198 Å². The molecule has 5 aromatic rings. The van der Waals surface area contributed by atoms with Crippen LogP contribution in [0.4, 0.5) is 10.1 Å². The second kappa shape index (κ2) is 20.4. The lowest BCUT2D eigenvalue weighted by atomic mass is 9.92. The lowest BCUT2D eigenvalue weighted by Gasteiger charge is -2.32. The molecule has 0 saturated carbocycles. The first-order chi connectivity index (χ1) is 31.9. The SMILES string of the molecule is CC(O)[C@@H]1NC(=O)[C@H](Cc2ccc(F)cc2)NC(=O)[C@@H](CC2CNc3ccccc32)NC(=O)[C@H](Cc2cccc3ccccc23)NC(=O)[C@@H]2CCCN2C(=O)[C@H](Cc2ccccc2)NC1=O. The molecule has 8 atom stereocenters. The number of carbonyl (C=O) groups excluding carboxylic acids is 6. The van der Waals surface area contributed by atoms with Crippen molar-refractivity contribution in [3.05, 3.63) is 149 Å². The predicted octanol–water partition coefficient (Wildman–Crippen LogP) is 3.42. The maximum absolute atomic E-state index is 14.9. The summed E-state index contributed by atoms with van der Waals surface area (Å²) in [5.41, 5.74) is 3.75. The van der Waals surface area contributed by atoms with E-state index in [0.29, 0.717) is 24.1 Å². The molecule has 15 heteroatoms. The minimum absolute atomic E-state index is 0.0223. The minimum atomic E-state index is -1.60. The molecule has 342 valence electrons. The Morgan fingerprint density at radius 3 is 2.02 bits per heavy atom. The molecule has 3 aliphatic rings. The number of rotatable bonds is 9. The maximum atomic E-state index is 14.9. The Kier molecular flexibility index (Phi) is 14.0. The highest BCUT2D eigenvalue weighted by Gasteiger charge is 2.42. The molecule has 2 unspecified atom stereocenters. The van der Waals surface area contributed by atoms with Gasteiger partial charge in [0.25, 0.3) is 0 Å². The van der Waals surface area contributed by atoms with Crippen molar-refractivity contribution in [2.24, 2.45) is 0 Å². The normalized spacial score (nSPS) is 24.7. The van der Waals surface area contributed by atoms with Crippen molar-refractivity contribution in [2.45, 2.75) is 93.7 Å². The number of nitrogens with one attached hydrogen (secondary N) is 6. The Hall–Kier alpha value is -7.13. The summed E-state index contributed by atoms with van der Waals surface area (Å²) in [7, 11) is 0. The van der Waals surface area contributed by atoms with Crippen LogP contribution in [0.25, 0.3) is 10.8 Å². The Labute approximate surface area is 382 Å². The number of benzene rings is 5. The van der Waals surface area contributed by atoms with Crippen molar-refractivity contribution in [1.29, 1.82) is 0 Å². The third kappa shape index (κ3) is 10.5. The van der Waals surface area contributed by atoms with Crippen LogP contribution >= 0.6 is 0 Å². The van der Waals surface area contributed by atoms with Crippen LogP contribution in [0.3, 0.4) is 0 Å². The third-order valence-electron chi connectivity index (χ3n) is 12.8. The summed E-state index contributed by atoms with van der Waals surface area (Å²) in [6, 6.07) is 27.6. The fourth-order valence-corrected chi connectivity index (χ4v) is 9.33. The molecule has 14 nitrogen and oxygen atoms in total. The summed E-state index contributed by atoms with van der Waals surface area (Å²) in [4.78, 5) is 89.1. The number of aliphatic hydroxyl groups is 1. The molecule has 0 radical (unpaired) electrons. The van der Waals surface area contributed by atoms with Gasteiger partial charge in [-0.25, -0.2) is 4.39 Å². The second-order valence-corrected chi connectivity index (χ2v) is 17.4. The summed E-state index contributed by atoms with van der Waals surface area (Å²) in [6.45, 7) is 1.96. The van der Waals surface area contributed by atoms with Crippen molar-refractivity contribution >= 4 is 51.9 Å². The number of hydrogen-bond donors (Lipinski definition) is 7. The van der Waals surface area contributed by atoms with Crippen LogP contribution in [0.5, 0.6) is 0 Å². The predicted molar refractivity (Wildman–Crippen MR) is 246 cm³/mol. The summed E-state index contributed by atoms with van der Waals surface area (Å²) in [5, 5.41) is 30.3. The highest BCUT2D eigenvalue weighted by molar-refractivity contribution is 5.99. The van der Waals surface area contributed by atoms with E-state index in [1.165, 1.54) is 36.1 Å². The number of halogens is 1. The van der Waals surface area contributed by atoms with Crippen LogP contribution in [0, 0.1) is 5.82 Å². The van der Waals surface area contributed by atoms with Gasteiger partial charge in [-0.15, -0.1) is 0 Å². The molecule has 5 aromatic carbocycles. The van der Waals surface area contributed by atoms with E-state index in [-0.39, 0.29) is 44.6 Å². The lowest BCUT2D eigenvalue weighted by molar-refractivity contribution is -0.143. The Morgan fingerprint density at radius 1 is 0.621 bits per heavy atom. The molecule has 7 N–H and O–H groups in total. The fraction of sp³-hybridized carbons (Fsp3) is 0.333. The van der Waals surface area contributed by atoms with Crippen molar-refractivity contribution in [1.82, 2.24) is 31.5 Å². The van der Waals surface area contributed by atoms with Crippen LogP contribution in [-0.4, -0.2) is 101 Å². The van der Waals surface area contributed by atoms with Gasteiger partial charge >= 0.3 is 0 Å². The van der Waals surface area contributed by atoms with Crippen molar-refractivity contribution in [2.75, 3.05) is 18.4 Å². The molecule has 0 aromatic heterocycles. The maximum Gasteiger partial charge on any atom is 0.246 e. The molecule has 66 heavy (non-hydrogen) atoms. The van der Waals surface area contributed by atoms with Crippen LogP contribution in [0.1, 0.15) is 54.4 Å².